The molecular weight excluding hydrogens is 334 g/mol. The number of nitrogens with two attached hydrogens (primary N) is 1. The lowest BCUT2D eigenvalue weighted by Gasteiger charge is -2.27. The van der Waals surface area contributed by atoms with Gasteiger partial charge in [-0.25, -0.2) is 0 Å². The minimum Gasteiger partial charge on any atom is -0.376 e. The van der Waals surface area contributed by atoms with E-state index >= 15 is 0 Å². The highest BCUT2D eigenvalue weighted by atomic mass is 32.2. The van der Waals surface area contributed by atoms with Crippen molar-refractivity contribution in [3.63, 3.8) is 0 Å². The third-order valence-electron chi connectivity index (χ3n) is 3.98. The van der Waals surface area contributed by atoms with Gasteiger partial charge in [0.15, 0.2) is 5.78 Å². The van der Waals surface area contributed by atoms with Gasteiger partial charge in [0.25, 0.3) is 0 Å². The first-order valence-corrected chi connectivity index (χ1v) is 10.5. The van der Waals surface area contributed by atoms with Crippen molar-refractivity contribution in [2.45, 2.75) is 72.0 Å². The smallest absolute Gasteiger partial charge is 0.243 e. The summed E-state index contributed by atoms with van der Waals surface area (Å²) in [6.07, 6.45) is 4.15. The lowest BCUT2D eigenvalue weighted by atomic mass is 9.98. The normalized spacial score (nSPS) is 14.9. The Morgan fingerprint density at radius 1 is 1.04 bits per heavy atom. The van der Waals surface area contributed by atoms with Gasteiger partial charge in [-0.05, 0) is 50.0 Å². The summed E-state index contributed by atoms with van der Waals surface area (Å²) in [5.74, 6) is 1.44. The molecule has 0 saturated heterocycles. The molecule has 0 heterocycles. The van der Waals surface area contributed by atoms with E-state index in [1.165, 1.54) is 6.92 Å². The number of hydrogen-bond donors (Lipinski definition) is 3. The van der Waals surface area contributed by atoms with Crippen LogP contribution in [0.5, 0.6) is 0 Å². The molecule has 25 heavy (non-hydrogen) atoms. The van der Waals surface area contributed by atoms with Gasteiger partial charge >= 0.3 is 0 Å². The summed E-state index contributed by atoms with van der Waals surface area (Å²) >= 11 is 1.73. The molecule has 146 valence electrons. The van der Waals surface area contributed by atoms with Crippen LogP contribution in [0.1, 0.15) is 53.9 Å². The van der Waals surface area contributed by atoms with Crippen LogP contribution in [0.4, 0.5) is 0 Å². The molecule has 6 heteroatoms. The van der Waals surface area contributed by atoms with E-state index in [9.17, 15) is 9.59 Å². The summed E-state index contributed by atoms with van der Waals surface area (Å²) in [6.45, 7) is 13.7. The van der Waals surface area contributed by atoms with Gasteiger partial charge in [0.1, 0.15) is 6.04 Å². The van der Waals surface area contributed by atoms with Gasteiger partial charge in [-0.1, -0.05) is 34.3 Å². The number of carbonyl (C=O) groups is 2. The van der Waals surface area contributed by atoms with Crippen LogP contribution in [-0.2, 0) is 9.59 Å². The van der Waals surface area contributed by atoms with Crippen molar-refractivity contribution in [1.82, 2.24) is 10.6 Å². The fraction of sp³-hybridized carbons (Fsp3) is 0.789. The maximum absolute atomic E-state index is 12.7. The Bertz CT molecular complexity index is 438. The molecule has 0 aliphatic rings. The van der Waals surface area contributed by atoms with Crippen LogP contribution in [0.15, 0.2) is 12.3 Å². The van der Waals surface area contributed by atoms with Crippen molar-refractivity contribution in [2.75, 3.05) is 12.0 Å². The predicted octanol–water partition coefficient (Wildman–Crippen LogP) is 2.70. The molecule has 0 saturated carbocycles. The van der Waals surface area contributed by atoms with E-state index in [1.54, 1.807) is 11.8 Å². The summed E-state index contributed by atoms with van der Waals surface area (Å²) < 4.78 is 0. The van der Waals surface area contributed by atoms with Crippen LogP contribution in [0.2, 0.25) is 0 Å². The van der Waals surface area contributed by atoms with Crippen molar-refractivity contribution in [3.8, 4) is 0 Å². The van der Waals surface area contributed by atoms with Crippen molar-refractivity contribution in [3.05, 3.63) is 12.3 Å². The summed E-state index contributed by atoms with van der Waals surface area (Å²) in [5, 5.41) is 6.11. The summed E-state index contributed by atoms with van der Waals surface area (Å²) in [6, 6.07) is -1.06. The maximum Gasteiger partial charge on any atom is 0.243 e. The van der Waals surface area contributed by atoms with E-state index in [0.29, 0.717) is 30.4 Å². The van der Waals surface area contributed by atoms with Crippen molar-refractivity contribution in [1.29, 1.82) is 0 Å². The van der Waals surface area contributed by atoms with Crippen LogP contribution in [0.25, 0.3) is 0 Å². The molecule has 0 spiro atoms. The second-order valence-corrected chi connectivity index (χ2v) is 8.53. The molecule has 0 aromatic heterocycles. The first kappa shape index (κ1) is 24.0. The zero-order chi connectivity index (χ0) is 19.6. The summed E-state index contributed by atoms with van der Waals surface area (Å²) in [4.78, 5) is 24.6. The number of ketones is 1. The number of nitrogens with one attached hydrogen (secondary N) is 2. The average molecular weight is 372 g/mol. The van der Waals surface area contributed by atoms with Gasteiger partial charge < -0.3 is 16.4 Å². The van der Waals surface area contributed by atoms with Crippen LogP contribution < -0.4 is 16.4 Å². The zero-order valence-corrected chi connectivity index (χ0v) is 17.5. The van der Waals surface area contributed by atoms with Gasteiger partial charge in [-0.2, -0.15) is 11.8 Å². The Labute approximate surface area is 158 Å². The Morgan fingerprint density at radius 2 is 1.56 bits per heavy atom. The van der Waals surface area contributed by atoms with Crippen molar-refractivity contribution in [2.24, 2.45) is 17.6 Å². The molecule has 0 aromatic carbocycles. The fourth-order valence-electron chi connectivity index (χ4n) is 2.52. The SMILES string of the molecule is C=C(N[C@@H](CC(C)C)C(=O)N[C@@H](CC(C)C)C(C)=O)[C@@H](N)CCSC. The second kappa shape index (κ2) is 12.4. The molecular formula is C19H37N3O2S. The average Bonchev–Trinajstić information content (AvgIpc) is 2.49. The van der Waals surface area contributed by atoms with E-state index in [2.05, 4.69) is 31.1 Å². The third-order valence-corrected chi connectivity index (χ3v) is 4.62. The molecule has 0 bridgehead atoms. The zero-order valence-electron chi connectivity index (χ0n) is 16.7. The van der Waals surface area contributed by atoms with Crippen LogP contribution in [0.3, 0.4) is 0 Å². The van der Waals surface area contributed by atoms with Crippen LogP contribution >= 0.6 is 11.8 Å². The topological polar surface area (TPSA) is 84.2 Å². The number of hydrogen-bond acceptors (Lipinski definition) is 5. The highest BCUT2D eigenvalue weighted by Gasteiger charge is 2.26. The molecule has 1 amide bonds. The number of amides is 1. The van der Waals surface area contributed by atoms with Crippen LogP contribution in [0, 0.1) is 11.8 Å². The molecule has 0 fully saturated rings. The number of thioether (sulfide) groups is 1. The van der Waals surface area contributed by atoms with E-state index in [0.717, 1.165) is 12.2 Å². The van der Waals surface area contributed by atoms with Gasteiger partial charge in [0.05, 0.1) is 6.04 Å². The van der Waals surface area contributed by atoms with E-state index in [1.807, 2.05) is 20.1 Å². The number of carbonyl (C=O) groups excluding carboxylic acids is 2. The van der Waals surface area contributed by atoms with E-state index in [4.69, 9.17) is 5.73 Å². The molecule has 0 aliphatic heterocycles. The first-order valence-electron chi connectivity index (χ1n) is 9.09. The van der Waals surface area contributed by atoms with E-state index < -0.39 is 12.1 Å². The van der Waals surface area contributed by atoms with Gasteiger partial charge in [0.2, 0.25) is 5.91 Å². The first-order chi connectivity index (χ1) is 11.6. The predicted molar refractivity (Wildman–Crippen MR) is 109 cm³/mol. The Morgan fingerprint density at radius 3 is 2.00 bits per heavy atom. The molecule has 3 atom stereocenters. The molecule has 5 nitrogen and oxygen atoms in total. The minimum absolute atomic E-state index is 0.0131. The highest BCUT2D eigenvalue weighted by Crippen LogP contribution is 2.12. The number of rotatable bonds is 13. The minimum atomic E-state index is -0.442. The van der Waals surface area contributed by atoms with Crippen molar-refractivity contribution >= 4 is 23.5 Å². The molecule has 4 N–H and O–H groups in total. The lowest BCUT2D eigenvalue weighted by Crippen LogP contribution is -2.51. The lowest BCUT2D eigenvalue weighted by molar-refractivity contribution is -0.128. The molecule has 0 unspecified atom stereocenters. The van der Waals surface area contributed by atoms with Gasteiger partial charge in [-0.3, -0.25) is 9.59 Å². The Kier molecular flexibility index (Phi) is 11.9. The largest absolute Gasteiger partial charge is 0.376 e. The number of Topliss-reactive ketones (excluding diaryl/α,β-unsaturated/α-hetero) is 1. The quantitative estimate of drug-likeness (QED) is 0.463. The molecule has 0 aromatic rings. The maximum atomic E-state index is 12.7. The second-order valence-electron chi connectivity index (χ2n) is 7.54. The van der Waals surface area contributed by atoms with Crippen LogP contribution in [-0.4, -0.2) is 41.8 Å². The Balaban J connectivity index is 4.96. The summed E-state index contributed by atoms with van der Waals surface area (Å²) in [5.41, 5.74) is 6.82. The fourth-order valence-corrected chi connectivity index (χ4v) is 3.01. The standard InChI is InChI=1S/C19H37N3O2S/c1-12(2)10-17(15(6)23)22-19(24)18(11-13(3)4)21-14(5)16(20)8-9-25-7/h12-13,16-18,21H,5,8-11,20H2,1-4,6-7H3,(H,22,24)/t16-,17-,18-/m0/s1. The van der Waals surface area contributed by atoms with Gasteiger partial charge in [0, 0.05) is 11.7 Å². The monoisotopic (exact) mass is 371 g/mol. The molecule has 0 aliphatic carbocycles. The third kappa shape index (κ3) is 10.5. The van der Waals surface area contributed by atoms with E-state index in [-0.39, 0.29) is 17.7 Å². The van der Waals surface area contributed by atoms with Gasteiger partial charge in [-0.15, -0.1) is 0 Å². The molecule has 0 rings (SSSR count). The Hall–Kier alpha value is -1.01. The highest BCUT2D eigenvalue weighted by molar-refractivity contribution is 7.98. The summed E-state index contributed by atoms with van der Waals surface area (Å²) in [7, 11) is 0. The molecule has 0 radical (unpaired) electrons. The van der Waals surface area contributed by atoms with Crippen molar-refractivity contribution < 1.29 is 9.59 Å².